The van der Waals surface area contributed by atoms with Crippen LogP contribution in [0.1, 0.15) is 12.0 Å². The summed E-state index contributed by atoms with van der Waals surface area (Å²) in [6, 6.07) is 12.3. The second kappa shape index (κ2) is 7.97. The third kappa shape index (κ3) is 3.69. The molecule has 0 unspecified atom stereocenters. The number of fused-ring (bicyclic) bond motifs is 1. The number of carbonyl (C=O) groups excluding carboxylic acids is 2. The van der Waals surface area contributed by atoms with Crippen molar-refractivity contribution >= 4 is 28.4 Å². The number of anilines is 1. The summed E-state index contributed by atoms with van der Waals surface area (Å²) >= 11 is 0. The molecule has 1 fully saturated rings. The second-order valence-corrected chi connectivity index (χ2v) is 6.96. The fraction of sp³-hybridized carbons (Fsp3) is 0.273. The number of nitrogens with zero attached hydrogens (tertiary/aromatic N) is 1. The maximum Gasteiger partial charge on any atom is 0.251 e. The topological polar surface area (TPSA) is 83.7 Å². The molecule has 1 aliphatic heterocycles. The number of aromatic nitrogens is 1. The second-order valence-electron chi connectivity index (χ2n) is 6.96. The van der Waals surface area contributed by atoms with Crippen LogP contribution < -0.4 is 19.7 Å². The van der Waals surface area contributed by atoms with Crippen LogP contribution in [0.4, 0.5) is 5.69 Å². The molecule has 1 aliphatic rings. The molecule has 0 spiro atoms. The van der Waals surface area contributed by atoms with E-state index in [9.17, 15) is 9.59 Å². The predicted octanol–water partition coefficient (Wildman–Crippen LogP) is 2.65. The summed E-state index contributed by atoms with van der Waals surface area (Å²) in [4.78, 5) is 29.7. The van der Waals surface area contributed by atoms with Crippen LogP contribution in [-0.2, 0) is 16.0 Å². The number of hydrogen-bond acceptors (Lipinski definition) is 5. The maximum atomic E-state index is 12.8. The largest absolute Gasteiger partial charge is 0.497 e. The lowest BCUT2D eigenvalue weighted by Gasteiger charge is -2.16. The molecule has 3 aromatic rings. The first-order chi connectivity index (χ1) is 14.1. The average Bonchev–Trinajstić information content (AvgIpc) is 3.27. The minimum atomic E-state index is -0.520. The molecule has 150 valence electrons. The van der Waals surface area contributed by atoms with E-state index in [2.05, 4.69) is 10.3 Å². The van der Waals surface area contributed by atoms with Gasteiger partial charge in [-0.2, -0.15) is 0 Å². The van der Waals surface area contributed by atoms with Crippen LogP contribution in [0.3, 0.4) is 0 Å². The highest BCUT2D eigenvalue weighted by atomic mass is 16.5. The number of carbonyl (C=O) groups is 2. The van der Waals surface area contributed by atoms with Crippen molar-refractivity contribution in [1.82, 2.24) is 10.3 Å². The van der Waals surface area contributed by atoms with Crippen LogP contribution in [0, 0.1) is 0 Å². The van der Waals surface area contributed by atoms with Gasteiger partial charge in [-0.3, -0.25) is 9.59 Å². The monoisotopic (exact) mass is 393 g/mol. The molecule has 1 atom stereocenters. The molecule has 2 N–H and O–H groups in total. The van der Waals surface area contributed by atoms with Crippen molar-refractivity contribution in [2.24, 2.45) is 0 Å². The first-order valence-corrected chi connectivity index (χ1v) is 9.49. The molecule has 2 amide bonds. The van der Waals surface area contributed by atoms with E-state index >= 15 is 0 Å². The molecule has 0 radical (unpaired) electrons. The summed E-state index contributed by atoms with van der Waals surface area (Å²) in [7, 11) is 3.20. The van der Waals surface area contributed by atoms with Crippen molar-refractivity contribution in [3.63, 3.8) is 0 Å². The Morgan fingerprint density at radius 3 is 2.69 bits per heavy atom. The maximum absolute atomic E-state index is 12.8. The number of benzene rings is 2. The lowest BCUT2D eigenvalue weighted by molar-refractivity contribution is -0.121. The van der Waals surface area contributed by atoms with Crippen LogP contribution in [0.15, 0.2) is 48.7 Å². The Morgan fingerprint density at radius 1 is 1.10 bits per heavy atom. The fourth-order valence-electron chi connectivity index (χ4n) is 3.68. The molecule has 0 aliphatic carbocycles. The highest BCUT2D eigenvalue weighted by Gasteiger charge is 2.39. The SMILES string of the molecule is COc1cccc(N2C(=O)C[C@@H](NCCc3c[nH]c4ccc(OC)cc34)C2=O)c1. The molecule has 4 rings (SSSR count). The summed E-state index contributed by atoms with van der Waals surface area (Å²) in [6.45, 7) is 0.583. The molecule has 2 aromatic carbocycles. The number of imide groups is 1. The highest BCUT2D eigenvalue weighted by molar-refractivity contribution is 6.22. The number of H-pyrrole nitrogens is 1. The number of rotatable bonds is 7. The number of methoxy groups -OCH3 is 2. The Bertz CT molecular complexity index is 1060. The first-order valence-electron chi connectivity index (χ1n) is 9.49. The number of hydrogen-bond donors (Lipinski definition) is 2. The van der Waals surface area contributed by atoms with Crippen molar-refractivity contribution in [3.8, 4) is 11.5 Å². The lowest BCUT2D eigenvalue weighted by Crippen LogP contribution is -2.39. The van der Waals surface area contributed by atoms with Gasteiger partial charge < -0.3 is 19.8 Å². The van der Waals surface area contributed by atoms with Crippen LogP contribution in [0.5, 0.6) is 11.5 Å². The zero-order chi connectivity index (χ0) is 20.4. The molecule has 1 saturated heterocycles. The first kappa shape index (κ1) is 19.0. The van der Waals surface area contributed by atoms with Crippen LogP contribution in [0.25, 0.3) is 10.9 Å². The van der Waals surface area contributed by atoms with E-state index in [1.165, 1.54) is 4.90 Å². The predicted molar refractivity (Wildman–Crippen MR) is 110 cm³/mol. The molecule has 29 heavy (non-hydrogen) atoms. The Kier molecular flexibility index (Phi) is 5.22. The van der Waals surface area contributed by atoms with E-state index in [0.717, 1.165) is 28.6 Å². The zero-order valence-electron chi connectivity index (χ0n) is 16.4. The molecule has 7 heteroatoms. The van der Waals surface area contributed by atoms with E-state index in [4.69, 9.17) is 9.47 Å². The van der Waals surface area contributed by atoms with Crippen molar-refractivity contribution in [2.75, 3.05) is 25.7 Å². The van der Waals surface area contributed by atoms with Gasteiger partial charge in [-0.1, -0.05) is 6.07 Å². The average molecular weight is 393 g/mol. The lowest BCUT2D eigenvalue weighted by atomic mass is 10.1. The number of amides is 2. The Hall–Kier alpha value is -3.32. The van der Waals surface area contributed by atoms with Crippen LogP contribution in [0.2, 0.25) is 0 Å². The number of nitrogens with one attached hydrogen (secondary N) is 2. The number of aromatic amines is 1. The van der Waals surface area contributed by atoms with Gasteiger partial charge in [0, 0.05) is 29.7 Å². The van der Waals surface area contributed by atoms with Crippen molar-refractivity contribution < 1.29 is 19.1 Å². The number of ether oxygens (including phenoxy) is 2. The summed E-state index contributed by atoms with van der Waals surface area (Å²) in [6.07, 6.45) is 2.85. The molecular weight excluding hydrogens is 370 g/mol. The molecule has 7 nitrogen and oxygen atoms in total. The quantitative estimate of drug-likeness (QED) is 0.603. The van der Waals surface area contributed by atoms with Gasteiger partial charge in [0.2, 0.25) is 5.91 Å². The minimum Gasteiger partial charge on any atom is -0.497 e. The van der Waals surface area contributed by atoms with Crippen LogP contribution in [-0.4, -0.2) is 43.6 Å². The van der Waals surface area contributed by atoms with E-state index in [1.54, 1.807) is 38.5 Å². The van der Waals surface area contributed by atoms with Gasteiger partial charge in [0.05, 0.1) is 32.4 Å². The summed E-state index contributed by atoms with van der Waals surface area (Å²) in [5, 5.41) is 4.33. The van der Waals surface area contributed by atoms with Gasteiger partial charge in [0.15, 0.2) is 0 Å². The van der Waals surface area contributed by atoms with Gasteiger partial charge >= 0.3 is 0 Å². The van der Waals surface area contributed by atoms with Crippen molar-refractivity contribution in [2.45, 2.75) is 18.9 Å². The van der Waals surface area contributed by atoms with E-state index in [-0.39, 0.29) is 18.2 Å². The molecule has 0 bridgehead atoms. The summed E-state index contributed by atoms with van der Waals surface area (Å²) < 4.78 is 10.5. The Morgan fingerprint density at radius 2 is 1.90 bits per heavy atom. The molecule has 2 heterocycles. The van der Waals surface area contributed by atoms with E-state index in [1.807, 2.05) is 24.4 Å². The standard InChI is InChI=1S/C22H23N3O4/c1-28-16-5-3-4-15(10-16)25-21(26)12-20(22(25)27)23-9-8-14-13-24-19-7-6-17(29-2)11-18(14)19/h3-7,10-11,13,20,23-24H,8-9,12H2,1-2H3/t20-/m1/s1. The van der Waals surface area contributed by atoms with Crippen molar-refractivity contribution in [1.29, 1.82) is 0 Å². The third-order valence-corrected chi connectivity index (χ3v) is 5.22. The minimum absolute atomic E-state index is 0.151. The summed E-state index contributed by atoms with van der Waals surface area (Å²) in [5.41, 5.74) is 2.71. The van der Waals surface area contributed by atoms with E-state index < -0.39 is 6.04 Å². The molecular formula is C22H23N3O4. The molecule has 0 saturated carbocycles. The van der Waals surface area contributed by atoms with Gasteiger partial charge in [-0.05, 0) is 42.3 Å². The highest BCUT2D eigenvalue weighted by Crippen LogP contribution is 2.27. The third-order valence-electron chi connectivity index (χ3n) is 5.22. The van der Waals surface area contributed by atoms with Gasteiger partial charge in [-0.25, -0.2) is 4.90 Å². The van der Waals surface area contributed by atoms with Gasteiger partial charge in [0.1, 0.15) is 11.5 Å². The van der Waals surface area contributed by atoms with E-state index in [0.29, 0.717) is 18.0 Å². The van der Waals surface area contributed by atoms with Crippen molar-refractivity contribution in [3.05, 3.63) is 54.2 Å². The Labute approximate surface area is 168 Å². The fourth-order valence-corrected chi connectivity index (χ4v) is 3.68. The normalized spacial score (nSPS) is 16.6. The van der Waals surface area contributed by atoms with Gasteiger partial charge in [-0.15, -0.1) is 0 Å². The Balaban J connectivity index is 1.42. The smallest absolute Gasteiger partial charge is 0.251 e. The van der Waals surface area contributed by atoms with Gasteiger partial charge in [0.25, 0.3) is 5.91 Å². The summed E-state index contributed by atoms with van der Waals surface area (Å²) in [5.74, 6) is 0.965. The molecule has 1 aromatic heterocycles. The zero-order valence-corrected chi connectivity index (χ0v) is 16.4. The van der Waals surface area contributed by atoms with Crippen LogP contribution >= 0.6 is 0 Å².